The van der Waals surface area contributed by atoms with Gasteiger partial charge in [0.2, 0.25) is 0 Å². The Kier molecular flexibility index (Phi) is 5.28. The van der Waals surface area contributed by atoms with Crippen molar-refractivity contribution in [2.24, 2.45) is 5.92 Å². The van der Waals surface area contributed by atoms with Gasteiger partial charge in [-0.3, -0.25) is 4.90 Å². The normalized spacial score (nSPS) is 18.8. The topological polar surface area (TPSA) is 32.7 Å². The third kappa shape index (κ3) is 3.09. The summed E-state index contributed by atoms with van der Waals surface area (Å²) in [6.07, 6.45) is 2.53. The summed E-state index contributed by atoms with van der Waals surface area (Å²) in [4.78, 5) is 2.54. The van der Waals surface area contributed by atoms with Gasteiger partial charge in [-0.1, -0.05) is 6.92 Å². The van der Waals surface area contributed by atoms with Gasteiger partial charge in [-0.2, -0.15) is 0 Å². The van der Waals surface area contributed by atoms with Gasteiger partial charge < -0.3 is 9.84 Å². The maximum Gasteiger partial charge on any atom is 0.122 e. The van der Waals surface area contributed by atoms with Gasteiger partial charge in [-0.15, -0.1) is 0 Å². The van der Waals surface area contributed by atoms with Crippen LogP contribution in [-0.4, -0.2) is 36.8 Å². The number of aliphatic hydroxyl groups excluding tert-OH is 1. The molecule has 1 N–H and O–H groups in total. The molecule has 0 amide bonds. The molecule has 1 aromatic rings. The summed E-state index contributed by atoms with van der Waals surface area (Å²) < 4.78 is 5.49. The first-order valence-corrected chi connectivity index (χ1v) is 8.00. The molecule has 1 aromatic carbocycles. The highest BCUT2D eigenvalue weighted by Crippen LogP contribution is 2.38. The van der Waals surface area contributed by atoms with E-state index >= 15 is 0 Å². The van der Waals surface area contributed by atoms with Crippen molar-refractivity contribution < 1.29 is 9.84 Å². The quantitative estimate of drug-likeness (QED) is 0.902. The molecule has 1 fully saturated rings. The van der Waals surface area contributed by atoms with Crippen LogP contribution in [0.1, 0.15) is 48.1 Å². The van der Waals surface area contributed by atoms with Gasteiger partial charge in [0.05, 0.1) is 7.11 Å². The Bertz CT molecular complexity index is 492. The number of ether oxygens (including phenoxy) is 1. The van der Waals surface area contributed by atoms with Crippen molar-refractivity contribution in [1.82, 2.24) is 4.90 Å². The maximum absolute atomic E-state index is 9.73. The van der Waals surface area contributed by atoms with Gasteiger partial charge in [-0.25, -0.2) is 0 Å². The molecule has 1 aliphatic heterocycles. The number of likely N-dealkylation sites (tertiary alicyclic amines) is 1. The lowest BCUT2D eigenvalue weighted by Gasteiger charge is -2.35. The molecule has 1 heterocycles. The Labute approximate surface area is 128 Å². The molecule has 2 unspecified atom stereocenters. The fourth-order valence-electron chi connectivity index (χ4n) is 3.68. The van der Waals surface area contributed by atoms with Crippen molar-refractivity contribution in [3.05, 3.63) is 28.3 Å². The van der Waals surface area contributed by atoms with Crippen LogP contribution in [0, 0.1) is 26.7 Å². The number of nitrogens with zero attached hydrogens (tertiary/aromatic N) is 1. The van der Waals surface area contributed by atoms with E-state index in [4.69, 9.17) is 4.74 Å². The predicted octanol–water partition coefficient (Wildman–Crippen LogP) is 3.39. The SMILES string of the molecule is COc1cc(C)c(C(C(C)CO)N2CCCC2)c(C)c1C. The van der Waals surface area contributed by atoms with Gasteiger partial charge in [0, 0.05) is 12.6 Å². The largest absolute Gasteiger partial charge is 0.496 e. The van der Waals surface area contributed by atoms with E-state index < -0.39 is 0 Å². The summed E-state index contributed by atoms with van der Waals surface area (Å²) in [6, 6.07) is 2.45. The lowest BCUT2D eigenvalue weighted by molar-refractivity contribution is 0.125. The van der Waals surface area contributed by atoms with E-state index in [2.05, 4.69) is 38.7 Å². The molecule has 0 radical (unpaired) electrons. The summed E-state index contributed by atoms with van der Waals surface area (Å²) >= 11 is 0. The van der Waals surface area contributed by atoms with Crippen molar-refractivity contribution in [3.8, 4) is 5.75 Å². The lowest BCUT2D eigenvalue weighted by atomic mass is 9.85. The monoisotopic (exact) mass is 291 g/mol. The highest BCUT2D eigenvalue weighted by Gasteiger charge is 2.31. The average molecular weight is 291 g/mol. The third-order valence-electron chi connectivity index (χ3n) is 4.99. The molecule has 0 bridgehead atoms. The van der Waals surface area contributed by atoms with Crippen LogP contribution in [0.2, 0.25) is 0 Å². The van der Waals surface area contributed by atoms with E-state index in [0.717, 1.165) is 18.8 Å². The first-order chi connectivity index (χ1) is 10.0. The number of hydrogen-bond acceptors (Lipinski definition) is 3. The van der Waals surface area contributed by atoms with Crippen LogP contribution in [0.5, 0.6) is 5.75 Å². The van der Waals surface area contributed by atoms with Crippen molar-refractivity contribution in [2.45, 2.75) is 46.6 Å². The minimum Gasteiger partial charge on any atom is -0.496 e. The molecule has 0 aromatic heterocycles. The molecule has 0 saturated carbocycles. The summed E-state index contributed by atoms with van der Waals surface area (Å²) in [5, 5.41) is 9.73. The second-order valence-corrected chi connectivity index (χ2v) is 6.41. The minimum absolute atomic E-state index is 0.227. The van der Waals surface area contributed by atoms with Crippen LogP contribution in [-0.2, 0) is 0 Å². The maximum atomic E-state index is 9.73. The smallest absolute Gasteiger partial charge is 0.122 e. The molecular formula is C18H29NO2. The second kappa shape index (κ2) is 6.80. The molecule has 0 aliphatic carbocycles. The average Bonchev–Trinajstić information content (AvgIpc) is 3.00. The highest BCUT2D eigenvalue weighted by molar-refractivity contribution is 5.49. The standard InChI is InChI=1S/C18H29NO2/c1-12-10-16(21-5)14(3)15(4)17(12)18(13(2)11-20)19-8-6-7-9-19/h10,13,18,20H,6-9,11H2,1-5H3. The molecule has 3 nitrogen and oxygen atoms in total. The third-order valence-corrected chi connectivity index (χ3v) is 4.99. The number of hydrogen-bond donors (Lipinski definition) is 1. The van der Waals surface area contributed by atoms with Crippen LogP contribution in [0.3, 0.4) is 0 Å². The Balaban J connectivity index is 2.51. The predicted molar refractivity (Wildman–Crippen MR) is 87.0 cm³/mol. The van der Waals surface area contributed by atoms with E-state index in [1.165, 1.54) is 35.1 Å². The molecule has 118 valence electrons. The van der Waals surface area contributed by atoms with E-state index in [1.807, 2.05) is 0 Å². The zero-order chi connectivity index (χ0) is 15.6. The molecule has 21 heavy (non-hydrogen) atoms. The number of aryl methyl sites for hydroxylation is 1. The van der Waals surface area contributed by atoms with Gasteiger partial charge in [0.1, 0.15) is 5.75 Å². The molecule has 2 rings (SSSR count). The Hall–Kier alpha value is -1.06. The number of benzene rings is 1. The lowest BCUT2D eigenvalue weighted by Crippen LogP contribution is -2.33. The van der Waals surface area contributed by atoms with Gasteiger partial charge in [0.25, 0.3) is 0 Å². The summed E-state index contributed by atoms with van der Waals surface area (Å²) in [5.41, 5.74) is 5.18. The first-order valence-electron chi connectivity index (χ1n) is 8.00. The van der Waals surface area contributed by atoms with Crippen molar-refractivity contribution >= 4 is 0 Å². The zero-order valence-corrected chi connectivity index (χ0v) is 14.1. The van der Waals surface area contributed by atoms with Crippen molar-refractivity contribution in [1.29, 1.82) is 0 Å². The number of methoxy groups -OCH3 is 1. The highest BCUT2D eigenvalue weighted by atomic mass is 16.5. The summed E-state index contributed by atoms with van der Waals surface area (Å²) in [6.45, 7) is 11.1. The molecular weight excluding hydrogens is 262 g/mol. The number of rotatable bonds is 5. The van der Waals surface area contributed by atoms with Crippen LogP contribution in [0.15, 0.2) is 6.07 Å². The molecule has 1 aliphatic rings. The van der Waals surface area contributed by atoms with Gasteiger partial charge >= 0.3 is 0 Å². The van der Waals surface area contributed by atoms with Crippen LogP contribution < -0.4 is 4.74 Å². The Morgan fingerprint density at radius 2 is 1.81 bits per heavy atom. The van der Waals surface area contributed by atoms with E-state index in [1.54, 1.807) is 7.11 Å². The molecule has 3 heteroatoms. The van der Waals surface area contributed by atoms with Crippen LogP contribution in [0.25, 0.3) is 0 Å². The first kappa shape index (κ1) is 16.3. The van der Waals surface area contributed by atoms with E-state index in [0.29, 0.717) is 6.04 Å². The molecule has 1 saturated heterocycles. The molecule has 2 atom stereocenters. The van der Waals surface area contributed by atoms with Gasteiger partial charge in [0.15, 0.2) is 0 Å². The second-order valence-electron chi connectivity index (χ2n) is 6.41. The Morgan fingerprint density at radius 3 is 2.33 bits per heavy atom. The van der Waals surface area contributed by atoms with Crippen molar-refractivity contribution in [3.63, 3.8) is 0 Å². The Morgan fingerprint density at radius 1 is 1.19 bits per heavy atom. The van der Waals surface area contributed by atoms with E-state index in [-0.39, 0.29) is 12.5 Å². The van der Waals surface area contributed by atoms with E-state index in [9.17, 15) is 5.11 Å². The minimum atomic E-state index is 0.227. The fourth-order valence-corrected chi connectivity index (χ4v) is 3.68. The van der Waals surface area contributed by atoms with Crippen molar-refractivity contribution in [2.75, 3.05) is 26.8 Å². The van der Waals surface area contributed by atoms with Gasteiger partial charge in [-0.05, 0) is 80.9 Å². The summed E-state index contributed by atoms with van der Waals surface area (Å²) in [5.74, 6) is 1.21. The van der Waals surface area contributed by atoms with Crippen LogP contribution in [0.4, 0.5) is 0 Å². The molecule has 0 spiro atoms. The fraction of sp³-hybridized carbons (Fsp3) is 0.667. The van der Waals surface area contributed by atoms with Crippen LogP contribution >= 0.6 is 0 Å². The summed E-state index contributed by atoms with van der Waals surface area (Å²) in [7, 11) is 1.73. The zero-order valence-electron chi connectivity index (χ0n) is 14.1. The number of aliphatic hydroxyl groups is 1.